The minimum absolute atomic E-state index is 0.0762. The lowest BCUT2D eigenvalue weighted by atomic mass is 9.72. The second kappa shape index (κ2) is 4.59. The molecule has 2 nitrogen and oxygen atoms in total. The van der Waals surface area contributed by atoms with Gasteiger partial charge in [0.2, 0.25) is 0 Å². The summed E-state index contributed by atoms with van der Waals surface area (Å²) in [5, 5.41) is 0. The van der Waals surface area contributed by atoms with Crippen LogP contribution in [0.2, 0.25) is 0 Å². The average molecular weight is 256 g/mol. The molecule has 0 unspecified atom stereocenters. The van der Waals surface area contributed by atoms with E-state index in [0.29, 0.717) is 6.42 Å². The molecule has 0 aliphatic heterocycles. The van der Waals surface area contributed by atoms with Crippen molar-refractivity contribution in [3.8, 4) is 0 Å². The van der Waals surface area contributed by atoms with Crippen molar-refractivity contribution in [2.24, 2.45) is 11.3 Å². The predicted octanol–water partition coefficient (Wildman–Crippen LogP) is 3.51. The van der Waals surface area contributed by atoms with Crippen molar-refractivity contribution in [2.75, 3.05) is 0 Å². The molecule has 3 atom stereocenters. The zero-order valence-electron chi connectivity index (χ0n) is 11.4. The number of hydrogen-bond acceptors (Lipinski definition) is 2. The van der Waals surface area contributed by atoms with Crippen molar-refractivity contribution in [3.05, 3.63) is 35.9 Å². The molecule has 100 valence electrons. The largest absolute Gasteiger partial charge is 0.299 e. The Labute approximate surface area is 114 Å². The van der Waals surface area contributed by atoms with Crippen LogP contribution in [0.5, 0.6) is 0 Å². The highest BCUT2D eigenvalue weighted by Gasteiger charge is 2.60. The molecule has 1 aromatic rings. The zero-order chi connectivity index (χ0) is 13.5. The van der Waals surface area contributed by atoms with Gasteiger partial charge in [-0.2, -0.15) is 0 Å². The monoisotopic (exact) mass is 256 g/mol. The average Bonchev–Trinajstić information content (AvgIpc) is 2.96. The first-order valence-electron chi connectivity index (χ1n) is 7.32. The minimum Gasteiger partial charge on any atom is -0.299 e. The summed E-state index contributed by atoms with van der Waals surface area (Å²) >= 11 is 0. The lowest BCUT2D eigenvalue weighted by Crippen LogP contribution is -2.36. The molecule has 0 N–H and O–H groups in total. The molecule has 3 rings (SSSR count). The summed E-state index contributed by atoms with van der Waals surface area (Å²) in [5.41, 5.74) is 0.490. The van der Waals surface area contributed by atoms with Gasteiger partial charge in [-0.3, -0.25) is 9.59 Å². The first kappa shape index (κ1) is 12.6. The van der Waals surface area contributed by atoms with Gasteiger partial charge >= 0.3 is 0 Å². The second-order valence-corrected chi connectivity index (χ2v) is 5.92. The van der Waals surface area contributed by atoms with Gasteiger partial charge in [0.25, 0.3) is 0 Å². The molecule has 2 saturated carbocycles. The van der Waals surface area contributed by atoms with Gasteiger partial charge < -0.3 is 0 Å². The number of carbonyl (C=O) groups excluding carboxylic acids is 2. The summed E-state index contributed by atoms with van der Waals surface area (Å²) in [6, 6.07) is 10.1. The van der Waals surface area contributed by atoms with E-state index < -0.39 is 5.41 Å². The first-order chi connectivity index (χ1) is 9.20. The standard InChI is InChI=1S/C17H20O2/c1-2-12-11-14(13-7-4-3-5-8-13)17(16(12)19)10-6-9-15(17)18/h3-5,7-8,12,14H,2,6,9-11H2,1H3/t12-,14-,17-/m1/s1. The molecule has 0 bridgehead atoms. The number of Topliss-reactive ketones (excluding diaryl/α,β-unsaturated/α-hetero) is 2. The molecule has 2 fully saturated rings. The maximum Gasteiger partial charge on any atom is 0.150 e. The van der Waals surface area contributed by atoms with E-state index in [1.54, 1.807) is 0 Å². The molecule has 2 aliphatic rings. The van der Waals surface area contributed by atoms with Crippen molar-refractivity contribution < 1.29 is 9.59 Å². The molecular weight excluding hydrogens is 236 g/mol. The topological polar surface area (TPSA) is 34.1 Å². The number of carbonyl (C=O) groups is 2. The molecule has 0 amide bonds. The quantitative estimate of drug-likeness (QED) is 0.759. The molecule has 1 spiro atoms. The van der Waals surface area contributed by atoms with Gasteiger partial charge in [0, 0.05) is 18.3 Å². The van der Waals surface area contributed by atoms with Gasteiger partial charge in [0.15, 0.2) is 0 Å². The Bertz CT molecular complexity index is 505. The minimum atomic E-state index is -0.679. The van der Waals surface area contributed by atoms with E-state index in [2.05, 4.69) is 19.1 Å². The molecule has 0 saturated heterocycles. The van der Waals surface area contributed by atoms with Crippen molar-refractivity contribution in [3.63, 3.8) is 0 Å². The van der Waals surface area contributed by atoms with Gasteiger partial charge in [0.05, 0.1) is 5.41 Å². The highest BCUT2D eigenvalue weighted by Crippen LogP contribution is 2.56. The Morgan fingerprint density at radius 3 is 2.53 bits per heavy atom. The van der Waals surface area contributed by atoms with E-state index in [1.165, 1.54) is 5.56 Å². The highest BCUT2D eigenvalue weighted by molar-refractivity contribution is 6.11. The Hall–Kier alpha value is -1.44. The summed E-state index contributed by atoms with van der Waals surface area (Å²) in [5.74, 6) is 0.613. The van der Waals surface area contributed by atoms with Crippen molar-refractivity contribution in [2.45, 2.75) is 44.9 Å². The fourth-order valence-electron chi connectivity index (χ4n) is 4.11. The molecular formula is C17H20O2. The Kier molecular flexibility index (Phi) is 3.04. The summed E-state index contributed by atoms with van der Waals surface area (Å²) in [6.45, 7) is 2.06. The fraction of sp³-hybridized carbons (Fsp3) is 0.529. The maximum absolute atomic E-state index is 12.7. The van der Waals surface area contributed by atoms with Crippen molar-refractivity contribution in [1.82, 2.24) is 0 Å². The number of hydrogen-bond donors (Lipinski definition) is 0. The van der Waals surface area contributed by atoms with E-state index >= 15 is 0 Å². The predicted molar refractivity (Wildman–Crippen MR) is 73.9 cm³/mol. The van der Waals surface area contributed by atoms with Crippen LogP contribution in [0.1, 0.15) is 50.5 Å². The van der Waals surface area contributed by atoms with E-state index in [-0.39, 0.29) is 23.4 Å². The summed E-state index contributed by atoms with van der Waals surface area (Å²) in [6.07, 6.45) is 3.94. The number of ketones is 2. The third kappa shape index (κ3) is 1.69. The van der Waals surface area contributed by atoms with Crippen LogP contribution in [0.15, 0.2) is 30.3 Å². The molecule has 0 radical (unpaired) electrons. The van der Waals surface area contributed by atoms with Crippen LogP contribution < -0.4 is 0 Å². The van der Waals surface area contributed by atoms with E-state index in [0.717, 1.165) is 25.7 Å². The van der Waals surface area contributed by atoms with Crippen molar-refractivity contribution in [1.29, 1.82) is 0 Å². The van der Waals surface area contributed by atoms with Crippen LogP contribution in [0.25, 0.3) is 0 Å². The van der Waals surface area contributed by atoms with Crippen LogP contribution in [-0.4, -0.2) is 11.6 Å². The molecule has 0 heterocycles. The third-order valence-corrected chi connectivity index (χ3v) is 5.09. The smallest absolute Gasteiger partial charge is 0.150 e. The maximum atomic E-state index is 12.7. The van der Waals surface area contributed by atoms with Gasteiger partial charge in [-0.25, -0.2) is 0 Å². The van der Waals surface area contributed by atoms with Crippen LogP contribution in [0.4, 0.5) is 0 Å². The SMILES string of the molecule is CC[C@@H]1C[C@H](c2ccccc2)[C@@]2(CCCC2=O)C1=O. The van der Waals surface area contributed by atoms with E-state index in [9.17, 15) is 9.59 Å². The van der Waals surface area contributed by atoms with Gasteiger partial charge in [-0.05, 0) is 31.2 Å². The number of benzene rings is 1. The van der Waals surface area contributed by atoms with Crippen LogP contribution >= 0.6 is 0 Å². The number of rotatable bonds is 2. The highest BCUT2D eigenvalue weighted by atomic mass is 16.2. The molecule has 2 heteroatoms. The Morgan fingerprint density at radius 1 is 1.21 bits per heavy atom. The normalized spacial score (nSPS) is 34.4. The van der Waals surface area contributed by atoms with Gasteiger partial charge in [-0.15, -0.1) is 0 Å². The van der Waals surface area contributed by atoms with Crippen molar-refractivity contribution >= 4 is 11.6 Å². The molecule has 1 aromatic carbocycles. The molecule has 2 aliphatic carbocycles. The summed E-state index contributed by atoms with van der Waals surface area (Å²) in [4.78, 5) is 25.2. The Balaban J connectivity index is 2.07. The summed E-state index contributed by atoms with van der Waals surface area (Å²) < 4.78 is 0. The fourth-order valence-corrected chi connectivity index (χ4v) is 4.11. The van der Waals surface area contributed by atoms with Gasteiger partial charge in [-0.1, -0.05) is 37.3 Å². The zero-order valence-corrected chi connectivity index (χ0v) is 11.4. The van der Waals surface area contributed by atoms with Gasteiger partial charge in [0.1, 0.15) is 11.6 Å². The molecule has 19 heavy (non-hydrogen) atoms. The summed E-state index contributed by atoms with van der Waals surface area (Å²) in [7, 11) is 0. The lowest BCUT2D eigenvalue weighted by molar-refractivity contribution is -0.138. The lowest BCUT2D eigenvalue weighted by Gasteiger charge is -2.28. The third-order valence-electron chi connectivity index (χ3n) is 5.09. The molecule has 0 aromatic heterocycles. The van der Waals surface area contributed by atoms with E-state index in [1.807, 2.05) is 18.2 Å². The first-order valence-corrected chi connectivity index (χ1v) is 7.32. The van der Waals surface area contributed by atoms with Crippen LogP contribution in [-0.2, 0) is 9.59 Å². The van der Waals surface area contributed by atoms with Crippen LogP contribution in [0.3, 0.4) is 0 Å². The Morgan fingerprint density at radius 2 is 1.95 bits per heavy atom. The second-order valence-electron chi connectivity index (χ2n) is 5.92. The van der Waals surface area contributed by atoms with E-state index in [4.69, 9.17) is 0 Å². The van der Waals surface area contributed by atoms with Crippen LogP contribution in [0, 0.1) is 11.3 Å².